The number of phosphoric ester groups is 1. The third-order valence-electron chi connectivity index (χ3n) is 2.00. The van der Waals surface area contributed by atoms with Gasteiger partial charge in [-0.05, 0) is 19.8 Å². The Kier molecular flexibility index (Phi) is 8.08. The Balaban J connectivity index is 3.28. The van der Waals surface area contributed by atoms with E-state index in [0.717, 1.165) is 19.3 Å². The lowest BCUT2D eigenvalue weighted by molar-refractivity contribution is -0.117. The Labute approximate surface area is 101 Å². The van der Waals surface area contributed by atoms with Crippen LogP contribution in [0.5, 0.6) is 0 Å². The molecule has 17 heavy (non-hydrogen) atoms. The van der Waals surface area contributed by atoms with Crippen molar-refractivity contribution in [2.45, 2.75) is 32.6 Å². The van der Waals surface area contributed by atoms with Crippen LogP contribution in [0.15, 0.2) is 12.2 Å². The summed E-state index contributed by atoms with van der Waals surface area (Å²) in [6.07, 6.45) is 3.11. The molecule has 0 bridgehead atoms. The molecule has 0 saturated carbocycles. The minimum absolute atomic E-state index is 0.0579. The Morgan fingerprint density at radius 3 is 2.41 bits per heavy atom. The topological polar surface area (TPSA) is 95.9 Å². The van der Waals surface area contributed by atoms with E-state index in [-0.39, 0.29) is 12.5 Å². The van der Waals surface area contributed by atoms with E-state index in [0.29, 0.717) is 18.5 Å². The normalized spacial score (nSPS) is 11.2. The minimum atomic E-state index is -4.32. The first-order chi connectivity index (χ1) is 7.83. The third-order valence-corrected chi connectivity index (χ3v) is 2.52. The minimum Gasteiger partial charge on any atom is -0.352 e. The number of carbonyl (C=O) groups excluding carboxylic acids is 1. The summed E-state index contributed by atoms with van der Waals surface area (Å²) in [7, 11) is -4.32. The van der Waals surface area contributed by atoms with Crippen LogP contribution in [0.2, 0.25) is 0 Å². The van der Waals surface area contributed by atoms with Gasteiger partial charge in [0.1, 0.15) is 0 Å². The highest BCUT2D eigenvalue weighted by molar-refractivity contribution is 7.46. The lowest BCUT2D eigenvalue weighted by atomic mass is 10.2. The van der Waals surface area contributed by atoms with Gasteiger partial charge in [0.25, 0.3) is 0 Å². The van der Waals surface area contributed by atoms with Crippen LogP contribution < -0.4 is 5.32 Å². The van der Waals surface area contributed by atoms with Crippen molar-refractivity contribution in [1.82, 2.24) is 5.32 Å². The first kappa shape index (κ1) is 16.3. The maximum absolute atomic E-state index is 11.1. The summed E-state index contributed by atoms with van der Waals surface area (Å²) in [5.41, 5.74) is 0.486. The van der Waals surface area contributed by atoms with E-state index in [9.17, 15) is 9.36 Å². The predicted octanol–water partition coefficient (Wildman–Crippen LogP) is 1.35. The molecule has 0 aromatic rings. The van der Waals surface area contributed by atoms with E-state index >= 15 is 0 Å². The smallest absolute Gasteiger partial charge is 0.352 e. The Morgan fingerprint density at radius 1 is 1.29 bits per heavy atom. The van der Waals surface area contributed by atoms with E-state index in [1.807, 2.05) is 0 Å². The fourth-order valence-corrected chi connectivity index (χ4v) is 1.48. The highest BCUT2D eigenvalue weighted by atomic mass is 31.2. The molecule has 0 aliphatic carbocycles. The number of hydrogen-bond acceptors (Lipinski definition) is 3. The molecule has 0 spiro atoms. The van der Waals surface area contributed by atoms with Crippen molar-refractivity contribution in [3.63, 3.8) is 0 Å². The standard InChI is InChI=1S/C10H20NO5P/c1-9(2)10(12)11-7-5-3-4-6-8-16-17(13,14)15/h1,3-8H2,2H3,(H,11,12)(H2,13,14,15). The molecule has 0 heterocycles. The van der Waals surface area contributed by atoms with E-state index in [1.165, 1.54) is 0 Å². The van der Waals surface area contributed by atoms with Crippen LogP contribution in [0.25, 0.3) is 0 Å². The van der Waals surface area contributed by atoms with Gasteiger partial charge in [-0.1, -0.05) is 19.4 Å². The van der Waals surface area contributed by atoms with E-state index in [1.54, 1.807) is 6.92 Å². The molecule has 0 aliphatic heterocycles. The van der Waals surface area contributed by atoms with E-state index in [2.05, 4.69) is 16.4 Å². The quantitative estimate of drug-likeness (QED) is 0.332. The van der Waals surface area contributed by atoms with Gasteiger partial charge in [-0.15, -0.1) is 0 Å². The number of unbranched alkanes of at least 4 members (excludes halogenated alkanes) is 3. The van der Waals surface area contributed by atoms with Gasteiger partial charge in [-0.25, -0.2) is 4.57 Å². The van der Waals surface area contributed by atoms with Crippen molar-refractivity contribution in [2.75, 3.05) is 13.2 Å². The lowest BCUT2D eigenvalue weighted by Crippen LogP contribution is -2.24. The lowest BCUT2D eigenvalue weighted by Gasteiger charge is -2.06. The number of nitrogens with one attached hydrogen (secondary N) is 1. The van der Waals surface area contributed by atoms with E-state index < -0.39 is 7.82 Å². The SMILES string of the molecule is C=C(C)C(=O)NCCCCCCOP(=O)(O)O. The van der Waals surface area contributed by atoms with Crippen LogP contribution in [0.4, 0.5) is 0 Å². The van der Waals surface area contributed by atoms with Crippen molar-refractivity contribution >= 4 is 13.7 Å². The number of carbonyl (C=O) groups is 1. The molecule has 0 atom stereocenters. The highest BCUT2D eigenvalue weighted by Gasteiger charge is 2.12. The van der Waals surface area contributed by atoms with Gasteiger partial charge >= 0.3 is 7.82 Å². The van der Waals surface area contributed by atoms with Gasteiger partial charge in [0, 0.05) is 12.1 Å². The average molecular weight is 265 g/mol. The molecule has 7 heteroatoms. The molecule has 0 radical (unpaired) electrons. The number of hydrogen-bond donors (Lipinski definition) is 3. The molecule has 100 valence electrons. The summed E-state index contributed by atoms with van der Waals surface area (Å²) < 4.78 is 14.6. The van der Waals surface area contributed by atoms with Gasteiger partial charge < -0.3 is 15.1 Å². The zero-order chi connectivity index (χ0) is 13.3. The van der Waals surface area contributed by atoms with Crippen molar-refractivity contribution < 1.29 is 23.7 Å². The second kappa shape index (κ2) is 8.42. The van der Waals surface area contributed by atoms with Gasteiger partial charge in [0.2, 0.25) is 5.91 Å². The summed E-state index contributed by atoms with van der Waals surface area (Å²) in [5, 5.41) is 2.70. The highest BCUT2D eigenvalue weighted by Crippen LogP contribution is 2.35. The van der Waals surface area contributed by atoms with Crippen LogP contribution >= 0.6 is 7.82 Å². The summed E-state index contributed by atoms with van der Waals surface area (Å²) in [5.74, 6) is -0.144. The first-order valence-corrected chi connectivity index (χ1v) is 7.00. The fourth-order valence-electron chi connectivity index (χ4n) is 1.12. The maximum Gasteiger partial charge on any atom is 0.469 e. The van der Waals surface area contributed by atoms with Crippen molar-refractivity contribution in [3.8, 4) is 0 Å². The van der Waals surface area contributed by atoms with Crippen molar-refractivity contribution in [1.29, 1.82) is 0 Å². The second-order valence-electron chi connectivity index (χ2n) is 3.77. The molecule has 6 nitrogen and oxygen atoms in total. The Morgan fingerprint density at radius 2 is 1.88 bits per heavy atom. The molecule has 0 aliphatic rings. The number of phosphoric acid groups is 1. The van der Waals surface area contributed by atoms with Gasteiger partial charge in [0.05, 0.1) is 6.61 Å². The third kappa shape index (κ3) is 11.6. The van der Waals surface area contributed by atoms with Crippen LogP contribution in [-0.2, 0) is 13.9 Å². The monoisotopic (exact) mass is 265 g/mol. The molecule has 0 saturated heterocycles. The molecule has 3 N–H and O–H groups in total. The maximum atomic E-state index is 11.1. The van der Waals surface area contributed by atoms with Crippen LogP contribution in [0.3, 0.4) is 0 Å². The Hall–Kier alpha value is -0.680. The average Bonchev–Trinajstić information content (AvgIpc) is 2.19. The van der Waals surface area contributed by atoms with E-state index in [4.69, 9.17) is 9.79 Å². The summed E-state index contributed by atoms with van der Waals surface area (Å²) in [4.78, 5) is 27.9. The van der Waals surface area contributed by atoms with Crippen LogP contribution in [0.1, 0.15) is 32.6 Å². The zero-order valence-electron chi connectivity index (χ0n) is 10.0. The van der Waals surface area contributed by atoms with Gasteiger partial charge in [-0.2, -0.15) is 0 Å². The van der Waals surface area contributed by atoms with Crippen LogP contribution in [0, 0.1) is 0 Å². The molecule has 0 aromatic carbocycles. The van der Waals surface area contributed by atoms with Crippen molar-refractivity contribution in [3.05, 3.63) is 12.2 Å². The summed E-state index contributed by atoms with van der Waals surface area (Å²) in [6.45, 7) is 5.81. The number of amides is 1. The van der Waals surface area contributed by atoms with Gasteiger partial charge in [-0.3, -0.25) is 9.32 Å². The van der Waals surface area contributed by atoms with Crippen molar-refractivity contribution in [2.24, 2.45) is 0 Å². The van der Waals surface area contributed by atoms with Crippen LogP contribution in [-0.4, -0.2) is 28.8 Å². The number of rotatable bonds is 9. The second-order valence-corrected chi connectivity index (χ2v) is 5.01. The zero-order valence-corrected chi connectivity index (χ0v) is 10.9. The molecule has 1 amide bonds. The molecular formula is C10H20NO5P. The predicted molar refractivity (Wildman–Crippen MR) is 64.3 cm³/mol. The molecule has 0 unspecified atom stereocenters. The molecular weight excluding hydrogens is 245 g/mol. The summed E-state index contributed by atoms with van der Waals surface area (Å²) in [6, 6.07) is 0. The summed E-state index contributed by atoms with van der Waals surface area (Å²) >= 11 is 0. The molecule has 0 fully saturated rings. The fraction of sp³-hybridized carbons (Fsp3) is 0.700. The molecule has 0 aromatic heterocycles. The molecule has 0 rings (SSSR count). The van der Waals surface area contributed by atoms with Gasteiger partial charge in [0.15, 0.2) is 0 Å². The largest absolute Gasteiger partial charge is 0.469 e. The first-order valence-electron chi connectivity index (χ1n) is 5.47. The Bertz CT molecular complexity index is 299.